The van der Waals surface area contributed by atoms with Crippen molar-refractivity contribution in [1.29, 1.82) is 5.26 Å². The summed E-state index contributed by atoms with van der Waals surface area (Å²) in [7, 11) is 0. The van der Waals surface area contributed by atoms with E-state index in [-0.39, 0.29) is 5.82 Å². The molecule has 1 aromatic heterocycles. The minimum absolute atomic E-state index is 0.328. The number of benzene rings is 1. The highest BCUT2D eigenvalue weighted by Crippen LogP contribution is 2.23. The van der Waals surface area contributed by atoms with Crippen LogP contribution in [0.2, 0.25) is 0 Å². The van der Waals surface area contributed by atoms with Crippen molar-refractivity contribution in [3.63, 3.8) is 0 Å². The Labute approximate surface area is 103 Å². The van der Waals surface area contributed by atoms with Gasteiger partial charge in [-0.2, -0.15) is 5.26 Å². The third kappa shape index (κ3) is 3.05. The van der Waals surface area contributed by atoms with Crippen molar-refractivity contribution in [1.82, 2.24) is 4.98 Å². The first-order valence-corrected chi connectivity index (χ1v) is 5.99. The van der Waals surface area contributed by atoms with Crippen LogP contribution >= 0.6 is 11.8 Å². The van der Waals surface area contributed by atoms with Crippen LogP contribution in [0.25, 0.3) is 0 Å². The zero-order chi connectivity index (χ0) is 12.1. The summed E-state index contributed by atoms with van der Waals surface area (Å²) in [6.07, 6.45) is 3.41. The molecule has 0 aliphatic heterocycles. The summed E-state index contributed by atoms with van der Waals surface area (Å²) in [5.41, 5.74) is 0.950. The molecule has 0 spiro atoms. The molecule has 0 N–H and O–H groups in total. The van der Waals surface area contributed by atoms with Crippen LogP contribution in [0.4, 0.5) is 4.39 Å². The largest absolute Gasteiger partial charge is 0.265 e. The van der Waals surface area contributed by atoms with E-state index in [9.17, 15) is 4.39 Å². The van der Waals surface area contributed by atoms with Gasteiger partial charge in [-0.15, -0.1) is 11.8 Å². The van der Waals surface area contributed by atoms with Gasteiger partial charge in [0.15, 0.2) is 0 Å². The Morgan fingerprint density at radius 3 is 2.65 bits per heavy atom. The summed E-state index contributed by atoms with van der Waals surface area (Å²) < 4.78 is 13.6. The van der Waals surface area contributed by atoms with Gasteiger partial charge in [0.25, 0.3) is 0 Å². The van der Waals surface area contributed by atoms with Gasteiger partial charge in [-0.1, -0.05) is 6.07 Å². The number of hydrogen-bond donors (Lipinski definition) is 0. The van der Waals surface area contributed by atoms with Crippen molar-refractivity contribution < 1.29 is 4.39 Å². The normalized spacial score (nSPS) is 9.88. The van der Waals surface area contributed by atoms with Gasteiger partial charge in [0, 0.05) is 23.0 Å². The maximum absolute atomic E-state index is 13.6. The van der Waals surface area contributed by atoms with Crippen molar-refractivity contribution in [3.8, 4) is 6.07 Å². The van der Waals surface area contributed by atoms with Crippen LogP contribution < -0.4 is 0 Å². The highest BCUT2D eigenvalue weighted by Gasteiger charge is 2.04. The molecular weight excluding hydrogens is 235 g/mol. The summed E-state index contributed by atoms with van der Waals surface area (Å²) in [5, 5.41) is 8.63. The van der Waals surface area contributed by atoms with Crippen molar-refractivity contribution in [2.24, 2.45) is 0 Å². The molecule has 4 heteroatoms. The molecule has 0 bridgehead atoms. The number of rotatable bonds is 3. The quantitative estimate of drug-likeness (QED) is 0.776. The molecule has 0 aliphatic rings. The first-order chi connectivity index (χ1) is 8.29. The number of halogens is 1. The molecule has 0 aliphatic carbocycles. The number of pyridine rings is 1. The average Bonchev–Trinajstić information content (AvgIpc) is 2.38. The fourth-order valence-corrected chi connectivity index (χ4v) is 2.20. The van der Waals surface area contributed by atoms with Crippen LogP contribution in [0.15, 0.2) is 47.6 Å². The predicted octanol–water partition coefficient (Wildman–Crippen LogP) is 3.38. The summed E-state index contributed by atoms with van der Waals surface area (Å²) in [6, 6.07) is 10.2. The molecule has 84 valence electrons. The minimum Gasteiger partial charge on any atom is -0.265 e. The third-order valence-electron chi connectivity index (χ3n) is 2.23. The zero-order valence-corrected chi connectivity index (χ0v) is 9.75. The summed E-state index contributed by atoms with van der Waals surface area (Å²) in [5.74, 6) is 0.215. The van der Waals surface area contributed by atoms with E-state index in [1.54, 1.807) is 24.5 Å². The highest BCUT2D eigenvalue weighted by atomic mass is 32.2. The van der Waals surface area contributed by atoms with E-state index in [2.05, 4.69) is 4.98 Å². The van der Waals surface area contributed by atoms with E-state index >= 15 is 0 Å². The van der Waals surface area contributed by atoms with Gasteiger partial charge in [0.1, 0.15) is 5.82 Å². The van der Waals surface area contributed by atoms with Gasteiger partial charge in [-0.05, 0) is 29.8 Å². The van der Waals surface area contributed by atoms with Gasteiger partial charge >= 0.3 is 0 Å². The first kappa shape index (κ1) is 11.6. The third-order valence-corrected chi connectivity index (χ3v) is 3.29. The molecule has 0 saturated carbocycles. The van der Waals surface area contributed by atoms with E-state index in [1.165, 1.54) is 17.8 Å². The van der Waals surface area contributed by atoms with Crippen LogP contribution in [0, 0.1) is 17.1 Å². The Hall–Kier alpha value is -1.86. The van der Waals surface area contributed by atoms with Crippen molar-refractivity contribution in [2.45, 2.75) is 10.6 Å². The van der Waals surface area contributed by atoms with Gasteiger partial charge < -0.3 is 0 Å². The van der Waals surface area contributed by atoms with Gasteiger partial charge in [-0.3, -0.25) is 4.98 Å². The Kier molecular flexibility index (Phi) is 3.73. The number of aromatic nitrogens is 1. The summed E-state index contributed by atoms with van der Waals surface area (Å²) >= 11 is 1.54. The molecule has 0 amide bonds. The van der Waals surface area contributed by atoms with Crippen molar-refractivity contribution >= 4 is 11.8 Å². The topological polar surface area (TPSA) is 36.7 Å². The van der Waals surface area contributed by atoms with E-state index in [0.29, 0.717) is 16.9 Å². The van der Waals surface area contributed by atoms with Crippen LogP contribution in [0.3, 0.4) is 0 Å². The van der Waals surface area contributed by atoms with Gasteiger partial charge in [0.05, 0.1) is 11.6 Å². The van der Waals surface area contributed by atoms with E-state index in [0.717, 1.165) is 4.90 Å². The molecule has 1 heterocycles. The second-order valence-corrected chi connectivity index (χ2v) is 4.44. The lowest BCUT2D eigenvalue weighted by Gasteiger charge is -2.03. The van der Waals surface area contributed by atoms with Gasteiger partial charge in [0.2, 0.25) is 0 Å². The lowest BCUT2D eigenvalue weighted by molar-refractivity contribution is 0.617. The summed E-state index contributed by atoms with van der Waals surface area (Å²) in [4.78, 5) is 4.96. The fourth-order valence-electron chi connectivity index (χ4n) is 1.33. The number of nitriles is 1. The van der Waals surface area contributed by atoms with Gasteiger partial charge in [-0.25, -0.2) is 4.39 Å². The van der Waals surface area contributed by atoms with E-state index < -0.39 is 0 Å². The number of nitrogens with zero attached hydrogens (tertiary/aromatic N) is 2. The molecule has 0 atom stereocenters. The lowest BCUT2D eigenvalue weighted by atomic mass is 10.1. The summed E-state index contributed by atoms with van der Waals surface area (Å²) in [6.45, 7) is 0. The average molecular weight is 244 g/mol. The second kappa shape index (κ2) is 5.46. The molecule has 0 saturated heterocycles. The fraction of sp³-hybridized carbons (Fsp3) is 0.0769. The van der Waals surface area contributed by atoms with Crippen molar-refractivity contribution in [3.05, 3.63) is 59.7 Å². The Morgan fingerprint density at radius 1 is 1.24 bits per heavy atom. The maximum Gasteiger partial charge on any atom is 0.128 e. The molecule has 2 rings (SSSR count). The molecule has 1 aromatic carbocycles. The number of hydrogen-bond acceptors (Lipinski definition) is 3. The van der Waals surface area contributed by atoms with Crippen LogP contribution in [-0.2, 0) is 5.75 Å². The smallest absolute Gasteiger partial charge is 0.128 e. The Balaban J connectivity index is 2.08. The molecule has 2 aromatic rings. The monoisotopic (exact) mass is 244 g/mol. The zero-order valence-electron chi connectivity index (χ0n) is 8.93. The van der Waals surface area contributed by atoms with Crippen LogP contribution in [0.5, 0.6) is 0 Å². The lowest BCUT2D eigenvalue weighted by Crippen LogP contribution is -1.89. The maximum atomic E-state index is 13.6. The molecular formula is C13H9FN2S. The first-order valence-electron chi connectivity index (χ1n) is 5.01. The predicted molar refractivity (Wildman–Crippen MR) is 64.9 cm³/mol. The van der Waals surface area contributed by atoms with Crippen LogP contribution in [0.1, 0.15) is 11.1 Å². The highest BCUT2D eigenvalue weighted by molar-refractivity contribution is 7.98. The second-order valence-electron chi connectivity index (χ2n) is 3.39. The Morgan fingerprint density at radius 2 is 2.00 bits per heavy atom. The Bertz CT molecular complexity index is 549. The van der Waals surface area contributed by atoms with E-state index in [1.807, 2.05) is 18.2 Å². The van der Waals surface area contributed by atoms with Crippen molar-refractivity contribution in [2.75, 3.05) is 0 Å². The molecule has 0 unspecified atom stereocenters. The molecule has 0 radical (unpaired) electrons. The minimum atomic E-state index is -0.328. The standard InChI is InChI=1S/C13H9FN2S/c14-13-7-10(8-15)1-2-11(13)9-17-12-3-5-16-6-4-12/h1-7H,9H2. The van der Waals surface area contributed by atoms with E-state index in [4.69, 9.17) is 5.26 Å². The SMILES string of the molecule is N#Cc1ccc(CSc2ccncc2)c(F)c1. The molecule has 2 nitrogen and oxygen atoms in total. The molecule has 17 heavy (non-hydrogen) atoms. The molecule has 0 fully saturated rings. The number of thioether (sulfide) groups is 1. The van der Waals surface area contributed by atoms with Crippen LogP contribution in [-0.4, -0.2) is 4.98 Å².